The van der Waals surface area contributed by atoms with Crippen LogP contribution in [-0.2, 0) is 4.79 Å². The van der Waals surface area contributed by atoms with Gasteiger partial charge in [0.25, 0.3) is 0 Å². The Labute approximate surface area is 111 Å². The Kier molecular flexibility index (Phi) is 5.24. The van der Waals surface area contributed by atoms with E-state index in [9.17, 15) is 4.79 Å². The summed E-state index contributed by atoms with van der Waals surface area (Å²) in [6.07, 6.45) is 11.0. The van der Waals surface area contributed by atoms with E-state index in [1.54, 1.807) is 0 Å². The Bertz CT molecular complexity index is 287. The molecule has 1 amide bonds. The fourth-order valence-electron chi connectivity index (χ4n) is 2.98. The van der Waals surface area contributed by atoms with Crippen LogP contribution in [0.15, 0.2) is 12.2 Å². The second-order valence-electron chi connectivity index (χ2n) is 5.57. The maximum Gasteiger partial charge on any atom is 0.226 e. The lowest BCUT2D eigenvalue weighted by molar-refractivity contribution is -0.135. The predicted molar refractivity (Wildman–Crippen MR) is 74.4 cm³/mol. The third-order valence-corrected chi connectivity index (χ3v) is 4.02. The van der Waals surface area contributed by atoms with Gasteiger partial charge in [-0.1, -0.05) is 25.5 Å². The highest BCUT2D eigenvalue weighted by molar-refractivity contribution is 5.79. The number of hydrogen-bond donors (Lipinski definition) is 1. The highest BCUT2D eigenvalue weighted by Crippen LogP contribution is 2.21. The molecule has 0 saturated carbocycles. The van der Waals surface area contributed by atoms with Crippen LogP contribution in [-0.4, -0.2) is 36.5 Å². The van der Waals surface area contributed by atoms with Crippen LogP contribution in [0.4, 0.5) is 0 Å². The van der Waals surface area contributed by atoms with Gasteiger partial charge in [0.15, 0.2) is 0 Å². The fraction of sp³-hybridized carbons (Fsp3) is 0.800. The van der Waals surface area contributed by atoms with Crippen molar-refractivity contribution in [1.82, 2.24) is 10.2 Å². The minimum absolute atomic E-state index is 0.222. The molecule has 0 aromatic carbocycles. The first kappa shape index (κ1) is 13.6. The van der Waals surface area contributed by atoms with Crippen molar-refractivity contribution in [1.29, 1.82) is 0 Å². The number of nitrogens with one attached hydrogen (secondary N) is 1. The second-order valence-corrected chi connectivity index (χ2v) is 5.57. The molecule has 1 atom stereocenters. The smallest absolute Gasteiger partial charge is 0.226 e. The van der Waals surface area contributed by atoms with Gasteiger partial charge in [-0.25, -0.2) is 0 Å². The molecule has 3 heteroatoms. The van der Waals surface area contributed by atoms with Gasteiger partial charge in [0.2, 0.25) is 5.91 Å². The third-order valence-electron chi connectivity index (χ3n) is 4.02. The Morgan fingerprint density at radius 3 is 2.72 bits per heavy atom. The van der Waals surface area contributed by atoms with Gasteiger partial charge in [-0.3, -0.25) is 4.79 Å². The molecular weight excluding hydrogens is 224 g/mol. The first-order valence-electron chi connectivity index (χ1n) is 7.48. The van der Waals surface area contributed by atoms with Crippen molar-refractivity contribution in [2.24, 2.45) is 5.92 Å². The lowest BCUT2D eigenvalue weighted by Gasteiger charge is -2.32. The molecule has 3 nitrogen and oxygen atoms in total. The summed E-state index contributed by atoms with van der Waals surface area (Å²) in [5.74, 6) is 0.592. The van der Waals surface area contributed by atoms with E-state index in [2.05, 4.69) is 29.3 Å². The number of rotatable bonds is 5. The van der Waals surface area contributed by atoms with Crippen LogP contribution in [0.1, 0.15) is 45.4 Å². The first-order valence-corrected chi connectivity index (χ1v) is 7.48. The van der Waals surface area contributed by atoms with Gasteiger partial charge in [-0.15, -0.1) is 0 Å². The number of hydrogen-bond acceptors (Lipinski definition) is 2. The molecule has 0 radical (unpaired) electrons. The highest BCUT2D eigenvalue weighted by Gasteiger charge is 2.26. The molecule has 1 N–H and O–H groups in total. The molecule has 1 aliphatic heterocycles. The molecule has 2 aliphatic rings. The van der Waals surface area contributed by atoms with Gasteiger partial charge in [0.1, 0.15) is 0 Å². The van der Waals surface area contributed by atoms with E-state index in [1.165, 1.54) is 19.3 Å². The van der Waals surface area contributed by atoms with Crippen molar-refractivity contribution in [3.63, 3.8) is 0 Å². The van der Waals surface area contributed by atoms with E-state index in [0.717, 1.165) is 38.9 Å². The summed E-state index contributed by atoms with van der Waals surface area (Å²) in [5.41, 5.74) is 0. The van der Waals surface area contributed by atoms with Gasteiger partial charge >= 0.3 is 0 Å². The van der Waals surface area contributed by atoms with Crippen LogP contribution in [0.2, 0.25) is 0 Å². The Morgan fingerprint density at radius 2 is 2.11 bits per heavy atom. The average Bonchev–Trinajstić information content (AvgIpc) is 2.92. The van der Waals surface area contributed by atoms with Crippen molar-refractivity contribution >= 4 is 5.91 Å². The largest absolute Gasteiger partial charge is 0.341 e. The minimum atomic E-state index is 0.222. The monoisotopic (exact) mass is 250 g/mol. The molecular formula is C15H26N2O. The quantitative estimate of drug-likeness (QED) is 0.760. The zero-order chi connectivity index (χ0) is 12.8. The molecule has 0 spiro atoms. The molecule has 1 fully saturated rings. The summed E-state index contributed by atoms with van der Waals surface area (Å²) in [4.78, 5) is 14.6. The van der Waals surface area contributed by atoms with Crippen molar-refractivity contribution in [3.05, 3.63) is 12.2 Å². The van der Waals surface area contributed by atoms with E-state index in [-0.39, 0.29) is 5.92 Å². The zero-order valence-electron chi connectivity index (χ0n) is 11.5. The Balaban J connectivity index is 1.87. The normalized spacial score (nSPS) is 24.4. The van der Waals surface area contributed by atoms with E-state index < -0.39 is 0 Å². The number of carbonyl (C=O) groups excluding carboxylic acids is 1. The van der Waals surface area contributed by atoms with Gasteiger partial charge in [0, 0.05) is 25.0 Å². The van der Waals surface area contributed by atoms with Crippen molar-refractivity contribution in [3.8, 4) is 0 Å². The van der Waals surface area contributed by atoms with Gasteiger partial charge < -0.3 is 10.2 Å². The summed E-state index contributed by atoms with van der Waals surface area (Å²) in [6, 6.07) is 0.517. The maximum atomic E-state index is 12.5. The molecule has 0 aromatic rings. The summed E-state index contributed by atoms with van der Waals surface area (Å²) in [7, 11) is 0. The Hall–Kier alpha value is -0.830. The van der Waals surface area contributed by atoms with Gasteiger partial charge in [-0.2, -0.15) is 0 Å². The molecule has 18 heavy (non-hydrogen) atoms. The lowest BCUT2D eigenvalue weighted by Crippen LogP contribution is -2.47. The zero-order valence-corrected chi connectivity index (χ0v) is 11.5. The minimum Gasteiger partial charge on any atom is -0.341 e. The first-order chi connectivity index (χ1) is 8.81. The SMILES string of the molecule is CCCN(CC1CCCCN1)C(=O)C1CC=CC1. The van der Waals surface area contributed by atoms with E-state index in [1.807, 2.05) is 0 Å². The summed E-state index contributed by atoms with van der Waals surface area (Å²) < 4.78 is 0. The molecule has 2 rings (SSSR count). The predicted octanol–water partition coefficient (Wildman–Crippen LogP) is 2.33. The van der Waals surface area contributed by atoms with Crippen LogP contribution in [0.25, 0.3) is 0 Å². The van der Waals surface area contributed by atoms with Crippen LogP contribution in [0.3, 0.4) is 0 Å². The maximum absolute atomic E-state index is 12.5. The van der Waals surface area contributed by atoms with Crippen molar-refractivity contribution in [2.75, 3.05) is 19.6 Å². The number of nitrogens with zero attached hydrogens (tertiary/aromatic N) is 1. The molecule has 1 heterocycles. The number of allylic oxidation sites excluding steroid dienone is 2. The number of piperidine rings is 1. The number of carbonyl (C=O) groups is 1. The second kappa shape index (κ2) is 6.93. The molecule has 1 saturated heterocycles. The van der Waals surface area contributed by atoms with Crippen molar-refractivity contribution in [2.45, 2.75) is 51.5 Å². The number of amides is 1. The van der Waals surface area contributed by atoms with Crippen LogP contribution < -0.4 is 5.32 Å². The molecule has 1 unspecified atom stereocenters. The van der Waals surface area contributed by atoms with Crippen LogP contribution in [0, 0.1) is 5.92 Å². The lowest BCUT2D eigenvalue weighted by atomic mass is 10.0. The van der Waals surface area contributed by atoms with Crippen LogP contribution in [0.5, 0.6) is 0 Å². The van der Waals surface area contributed by atoms with Crippen LogP contribution >= 0.6 is 0 Å². The van der Waals surface area contributed by atoms with E-state index in [4.69, 9.17) is 0 Å². The van der Waals surface area contributed by atoms with Gasteiger partial charge in [-0.05, 0) is 38.6 Å². The highest BCUT2D eigenvalue weighted by atomic mass is 16.2. The fourth-order valence-corrected chi connectivity index (χ4v) is 2.98. The molecule has 102 valence electrons. The summed E-state index contributed by atoms with van der Waals surface area (Å²) in [5, 5.41) is 3.54. The molecule has 1 aliphatic carbocycles. The topological polar surface area (TPSA) is 32.3 Å². The molecule has 0 aromatic heterocycles. The van der Waals surface area contributed by atoms with Gasteiger partial charge in [0.05, 0.1) is 0 Å². The Morgan fingerprint density at radius 1 is 1.33 bits per heavy atom. The molecule has 0 bridgehead atoms. The van der Waals surface area contributed by atoms with E-state index in [0.29, 0.717) is 11.9 Å². The standard InChI is InChI=1S/C15H26N2O/c1-2-11-17(12-14-9-5-6-10-16-14)15(18)13-7-3-4-8-13/h3-4,13-14,16H,2,5-12H2,1H3. The average molecular weight is 250 g/mol. The van der Waals surface area contributed by atoms with Crippen molar-refractivity contribution < 1.29 is 4.79 Å². The third kappa shape index (κ3) is 3.58. The van der Waals surface area contributed by atoms with E-state index >= 15 is 0 Å². The summed E-state index contributed by atoms with van der Waals surface area (Å²) in [6.45, 7) is 5.09. The summed E-state index contributed by atoms with van der Waals surface area (Å²) >= 11 is 0.